The number of fused-ring (bicyclic) bond motifs is 4. The standard InChI is InChI=1S/C58H40N2/c1-3-19-42(20-4-1)49-26-9-10-27-50(49)51-28-11-12-29-52(51)53-30-13-15-32-56(53)59(48-36-34-41-18-7-8-21-43(41)38-48)47-25-17-22-44(39-47)45-35-37-55-54-31-14-16-33-57(54)60(58(55)40-45)46-23-5-2-6-24-46/h1-40H. The first-order valence-corrected chi connectivity index (χ1v) is 20.6. The predicted octanol–water partition coefficient (Wildman–Crippen LogP) is 16.1. The van der Waals surface area contributed by atoms with Crippen molar-refractivity contribution in [3.8, 4) is 50.2 Å². The summed E-state index contributed by atoms with van der Waals surface area (Å²) in [5, 5.41) is 4.91. The molecule has 11 aromatic rings. The first-order chi connectivity index (χ1) is 29.8. The van der Waals surface area contributed by atoms with Crippen LogP contribution >= 0.6 is 0 Å². The number of benzene rings is 10. The molecule has 282 valence electrons. The summed E-state index contributed by atoms with van der Waals surface area (Å²) in [6.45, 7) is 0. The summed E-state index contributed by atoms with van der Waals surface area (Å²) in [6, 6.07) is 88.0. The van der Waals surface area contributed by atoms with E-state index in [1.54, 1.807) is 0 Å². The maximum absolute atomic E-state index is 2.44. The van der Waals surface area contributed by atoms with Gasteiger partial charge in [-0.25, -0.2) is 0 Å². The fraction of sp³-hybridized carbons (Fsp3) is 0. The fourth-order valence-corrected chi connectivity index (χ4v) is 9.01. The molecule has 1 aromatic heterocycles. The molecule has 0 spiro atoms. The zero-order valence-corrected chi connectivity index (χ0v) is 33.0. The normalized spacial score (nSPS) is 11.3. The Labute approximate surface area is 350 Å². The number of hydrogen-bond acceptors (Lipinski definition) is 1. The highest BCUT2D eigenvalue weighted by atomic mass is 15.1. The summed E-state index contributed by atoms with van der Waals surface area (Å²) in [5.41, 5.74) is 16.3. The molecule has 0 aliphatic heterocycles. The van der Waals surface area contributed by atoms with Gasteiger partial charge in [0, 0.05) is 33.4 Å². The summed E-state index contributed by atoms with van der Waals surface area (Å²) >= 11 is 0. The van der Waals surface area contributed by atoms with Crippen molar-refractivity contribution in [2.45, 2.75) is 0 Å². The molecular weight excluding hydrogens is 725 g/mol. The lowest BCUT2D eigenvalue weighted by Gasteiger charge is -2.29. The SMILES string of the molecule is c1ccc(-c2ccccc2-c2ccccc2-c2ccccc2N(c2cccc(-c3ccc4c5ccccc5n(-c5ccccc5)c4c3)c2)c2ccc3ccccc3c2)cc1. The zero-order chi connectivity index (χ0) is 39.8. The predicted molar refractivity (Wildman–Crippen MR) is 255 cm³/mol. The molecule has 0 unspecified atom stereocenters. The molecule has 0 radical (unpaired) electrons. The highest BCUT2D eigenvalue weighted by molar-refractivity contribution is 6.10. The van der Waals surface area contributed by atoms with Gasteiger partial charge in [0.2, 0.25) is 0 Å². The molecule has 0 saturated heterocycles. The first kappa shape index (κ1) is 35.2. The van der Waals surface area contributed by atoms with E-state index in [4.69, 9.17) is 0 Å². The van der Waals surface area contributed by atoms with Crippen LogP contribution in [0.2, 0.25) is 0 Å². The Bertz CT molecular complexity index is 3320. The van der Waals surface area contributed by atoms with Crippen molar-refractivity contribution < 1.29 is 0 Å². The second-order valence-electron chi connectivity index (χ2n) is 15.3. The highest BCUT2D eigenvalue weighted by Gasteiger charge is 2.21. The van der Waals surface area contributed by atoms with Crippen LogP contribution in [0, 0.1) is 0 Å². The second kappa shape index (κ2) is 15.1. The van der Waals surface area contributed by atoms with Gasteiger partial charge in [-0.15, -0.1) is 0 Å². The van der Waals surface area contributed by atoms with Gasteiger partial charge in [0.25, 0.3) is 0 Å². The molecule has 0 atom stereocenters. The monoisotopic (exact) mass is 764 g/mol. The van der Waals surface area contributed by atoms with Crippen molar-refractivity contribution in [1.82, 2.24) is 4.57 Å². The van der Waals surface area contributed by atoms with Crippen LogP contribution in [-0.2, 0) is 0 Å². The van der Waals surface area contributed by atoms with E-state index in [0.29, 0.717) is 0 Å². The van der Waals surface area contributed by atoms with Crippen LogP contribution in [0.15, 0.2) is 243 Å². The molecule has 0 amide bonds. The van der Waals surface area contributed by atoms with E-state index in [9.17, 15) is 0 Å². The summed E-state index contributed by atoms with van der Waals surface area (Å²) in [5.74, 6) is 0. The molecule has 0 N–H and O–H groups in total. The molecule has 1 heterocycles. The number of nitrogens with zero attached hydrogens (tertiary/aromatic N) is 2. The molecule has 0 saturated carbocycles. The summed E-state index contributed by atoms with van der Waals surface area (Å²) in [4.78, 5) is 2.44. The zero-order valence-electron chi connectivity index (χ0n) is 33.0. The van der Waals surface area contributed by atoms with Crippen molar-refractivity contribution in [3.05, 3.63) is 243 Å². The second-order valence-corrected chi connectivity index (χ2v) is 15.3. The van der Waals surface area contributed by atoms with Crippen LogP contribution in [0.25, 0.3) is 82.8 Å². The molecule has 0 aliphatic carbocycles. The van der Waals surface area contributed by atoms with Gasteiger partial charge in [-0.1, -0.05) is 188 Å². The molecular formula is C58H40N2. The third kappa shape index (κ3) is 6.23. The van der Waals surface area contributed by atoms with Crippen molar-refractivity contribution in [2.75, 3.05) is 4.90 Å². The van der Waals surface area contributed by atoms with Gasteiger partial charge in [0.1, 0.15) is 0 Å². The number of rotatable bonds is 8. The van der Waals surface area contributed by atoms with E-state index in [0.717, 1.165) is 33.9 Å². The van der Waals surface area contributed by atoms with Gasteiger partial charge in [-0.3, -0.25) is 0 Å². The molecule has 2 heteroatoms. The van der Waals surface area contributed by atoms with Crippen LogP contribution in [0.1, 0.15) is 0 Å². The number of aromatic nitrogens is 1. The first-order valence-electron chi connectivity index (χ1n) is 20.6. The molecule has 0 fully saturated rings. The minimum atomic E-state index is 1.08. The Hall–Kier alpha value is -7.94. The fourth-order valence-electron chi connectivity index (χ4n) is 9.01. The Kier molecular flexibility index (Phi) is 8.87. The molecule has 2 nitrogen and oxygen atoms in total. The lowest BCUT2D eigenvalue weighted by molar-refractivity contribution is 1.18. The molecule has 0 aliphatic rings. The Morgan fingerprint density at radius 1 is 0.283 bits per heavy atom. The van der Waals surface area contributed by atoms with E-state index in [-0.39, 0.29) is 0 Å². The lowest BCUT2D eigenvalue weighted by atomic mass is 9.88. The average molecular weight is 765 g/mol. The van der Waals surface area contributed by atoms with Crippen LogP contribution in [-0.4, -0.2) is 4.57 Å². The maximum Gasteiger partial charge on any atom is 0.0547 e. The van der Waals surface area contributed by atoms with Gasteiger partial charge in [0.05, 0.1) is 16.7 Å². The van der Waals surface area contributed by atoms with Crippen molar-refractivity contribution in [1.29, 1.82) is 0 Å². The van der Waals surface area contributed by atoms with Gasteiger partial charge < -0.3 is 9.47 Å². The average Bonchev–Trinajstić information content (AvgIpc) is 3.66. The van der Waals surface area contributed by atoms with Gasteiger partial charge in [-0.2, -0.15) is 0 Å². The number of para-hydroxylation sites is 3. The lowest BCUT2D eigenvalue weighted by Crippen LogP contribution is -2.11. The highest BCUT2D eigenvalue weighted by Crippen LogP contribution is 2.46. The van der Waals surface area contributed by atoms with Crippen molar-refractivity contribution >= 4 is 49.6 Å². The molecule has 11 rings (SSSR count). The maximum atomic E-state index is 2.44. The Morgan fingerprint density at radius 2 is 0.833 bits per heavy atom. The quantitative estimate of drug-likeness (QED) is 0.150. The van der Waals surface area contributed by atoms with E-state index >= 15 is 0 Å². The van der Waals surface area contributed by atoms with E-state index < -0.39 is 0 Å². The minimum Gasteiger partial charge on any atom is -0.310 e. The van der Waals surface area contributed by atoms with Gasteiger partial charge in [-0.05, 0) is 104 Å². The summed E-state index contributed by atoms with van der Waals surface area (Å²) in [7, 11) is 0. The third-order valence-electron chi connectivity index (χ3n) is 11.8. The van der Waals surface area contributed by atoms with Crippen molar-refractivity contribution in [2.24, 2.45) is 0 Å². The largest absolute Gasteiger partial charge is 0.310 e. The topological polar surface area (TPSA) is 8.17 Å². The Balaban J connectivity index is 1.10. The van der Waals surface area contributed by atoms with Crippen LogP contribution in [0.4, 0.5) is 17.1 Å². The van der Waals surface area contributed by atoms with E-state index in [1.807, 2.05) is 0 Å². The van der Waals surface area contributed by atoms with Crippen LogP contribution in [0.3, 0.4) is 0 Å². The van der Waals surface area contributed by atoms with Crippen LogP contribution in [0.5, 0.6) is 0 Å². The van der Waals surface area contributed by atoms with Gasteiger partial charge >= 0.3 is 0 Å². The van der Waals surface area contributed by atoms with E-state index in [1.165, 1.54) is 66.0 Å². The third-order valence-corrected chi connectivity index (χ3v) is 11.8. The molecule has 60 heavy (non-hydrogen) atoms. The van der Waals surface area contributed by atoms with Gasteiger partial charge in [0.15, 0.2) is 0 Å². The molecule has 10 aromatic carbocycles. The summed E-state index contributed by atoms with van der Waals surface area (Å²) < 4.78 is 2.39. The molecule has 0 bridgehead atoms. The smallest absolute Gasteiger partial charge is 0.0547 e. The minimum absolute atomic E-state index is 1.08. The van der Waals surface area contributed by atoms with Crippen LogP contribution < -0.4 is 4.90 Å². The number of hydrogen-bond donors (Lipinski definition) is 0. The summed E-state index contributed by atoms with van der Waals surface area (Å²) in [6.07, 6.45) is 0. The number of anilines is 3. The Morgan fingerprint density at radius 3 is 1.63 bits per heavy atom. The van der Waals surface area contributed by atoms with E-state index in [2.05, 4.69) is 252 Å². The van der Waals surface area contributed by atoms with Crippen molar-refractivity contribution in [3.63, 3.8) is 0 Å².